The monoisotopic (exact) mass is 401 g/mol. The molecule has 0 aliphatic carbocycles. The topological polar surface area (TPSA) is 88.2 Å². The number of carbonyl (C=O) groups excluding carboxylic acids is 1. The molecule has 2 aromatic carbocycles. The molecule has 1 amide bonds. The fourth-order valence-electron chi connectivity index (χ4n) is 2.50. The lowest BCUT2D eigenvalue weighted by atomic mass is 10.1. The van der Waals surface area contributed by atoms with Crippen LogP contribution in [0.3, 0.4) is 0 Å². The second-order valence-electron chi connectivity index (χ2n) is 5.87. The average Bonchev–Trinajstić information content (AvgIpc) is 3.13. The highest BCUT2D eigenvalue weighted by Crippen LogP contribution is 2.21. The van der Waals surface area contributed by atoms with Gasteiger partial charge in [-0.25, -0.2) is 18.1 Å². The minimum Gasteiger partial charge on any atom is -0.348 e. The van der Waals surface area contributed by atoms with Gasteiger partial charge in [-0.2, -0.15) is 0 Å². The smallest absolute Gasteiger partial charge is 0.251 e. The number of carbonyl (C=O) groups is 1. The molecule has 3 rings (SSSR count). The van der Waals surface area contributed by atoms with Crippen LogP contribution in [0.2, 0.25) is 0 Å². The zero-order valence-electron chi connectivity index (χ0n) is 14.9. The third-order valence-corrected chi connectivity index (χ3v) is 6.18. The lowest BCUT2D eigenvalue weighted by Gasteiger charge is -2.08. The average molecular weight is 402 g/mol. The molecule has 140 valence electrons. The SMILES string of the molecule is CNS(=O)(=O)c1cccc(C(=O)NCc2ccc(-c3csc(C)n3)cc2)c1. The maximum absolute atomic E-state index is 12.3. The number of rotatable bonds is 6. The highest BCUT2D eigenvalue weighted by Gasteiger charge is 2.14. The van der Waals surface area contributed by atoms with Gasteiger partial charge in [0.2, 0.25) is 10.0 Å². The third-order valence-electron chi connectivity index (χ3n) is 4.00. The summed E-state index contributed by atoms with van der Waals surface area (Å²) in [6, 6.07) is 13.7. The summed E-state index contributed by atoms with van der Waals surface area (Å²) in [5, 5.41) is 5.84. The molecular formula is C19H19N3O3S2. The zero-order valence-corrected chi connectivity index (χ0v) is 16.5. The van der Waals surface area contributed by atoms with Gasteiger partial charge in [-0.15, -0.1) is 11.3 Å². The molecule has 0 aliphatic rings. The van der Waals surface area contributed by atoms with E-state index in [0.29, 0.717) is 12.1 Å². The standard InChI is InChI=1S/C19H19N3O3S2/c1-13-22-18(12-26-13)15-8-6-14(7-9-15)11-21-19(23)16-4-3-5-17(10-16)27(24,25)20-2/h3-10,12,20H,11H2,1-2H3,(H,21,23). The molecule has 0 spiro atoms. The highest BCUT2D eigenvalue weighted by atomic mass is 32.2. The number of sulfonamides is 1. The van der Waals surface area contributed by atoms with E-state index in [1.807, 2.05) is 36.6 Å². The number of hydrogen-bond acceptors (Lipinski definition) is 5. The molecule has 2 N–H and O–H groups in total. The van der Waals surface area contributed by atoms with Gasteiger partial charge in [0.1, 0.15) is 0 Å². The van der Waals surface area contributed by atoms with Crippen LogP contribution in [0.15, 0.2) is 58.8 Å². The van der Waals surface area contributed by atoms with Crippen molar-refractivity contribution in [1.29, 1.82) is 0 Å². The Morgan fingerprint density at radius 2 is 1.89 bits per heavy atom. The largest absolute Gasteiger partial charge is 0.348 e. The number of hydrogen-bond donors (Lipinski definition) is 2. The molecule has 0 saturated heterocycles. The van der Waals surface area contributed by atoms with Crippen LogP contribution in [-0.4, -0.2) is 26.4 Å². The summed E-state index contributed by atoms with van der Waals surface area (Å²) in [5.41, 5.74) is 3.20. The lowest BCUT2D eigenvalue weighted by Crippen LogP contribution is -2.24. The number of nitrogens with zero attached hydrogens (tertiary/aromatic N) is 1. The van der Waals surface area contributed by atoms with Crippen molar-refractivity contribution in [2.24, 2.45) is 0 Å². The normalized spacial score (nSPS) is 11.3. The summed E-state index contributed by atoms with van der Waals surface area (Å²) in [5.74, 6) is -0.331. The maximum atomic E-state index is 12.3. The first-order valence-corrected chi connectivity index (χ1v) is 10.6. The fourth-order valence-corrected chi connectivity index (χ4v) is 3.89. The van der Waals surface area contributed by atoms with E-state index in [1.54, 1.807) is 23.5 Å². The van der Waals surface area contributed by atoms with E-state index in [4.69, 9.17) is 0 Å². The predicted octanol–water partition coefficient (Wildman–Crippen LogP) is 2.96. The van der Waals surface area contributed by atoms with Gasteiger partial charge in [0.25, 0.3) is 5.91 Å². The number of amides is 1. The Labute approximate surface area is 162 Å². The number of benzene rings is 2. The fraction of sp³-hybridized carbons (Fsp3) is 0.158. The van der Waals surface area contributed by atoms with Gasteiger partial charge in [0.15, 0.2) is 0 Å². The van der Waals surface area contributed by atoms with Gasteiger partial charge in [-0.3, -0.25) is 4.79 Å². The minimum absolute atomic E-state index is 0.0561. The van der Waals surface area contributed by atoms with Crippen molar-refractivity contribution in [3.63, 3.8) is 0 Å². The second-order valence-corrected chi connectivity index (χ2v) is 8.82. The Balaban J connectivity index is 1.66. The number of nitrogens with one attached hydrogen (secondary N) is 2. The van der Waals surface area contributed by atoms with Crippen LogP contribution in [0.1, 0.15) is 20.9 Å². The van der Waals surface area contributed by atoms with E-state index >= 15 is 0 Å². The first-order chi connectivity index (χ1) is 12.9. The molecule has 0 aliphatic heterocycles. The van der Waals surface area contributed by atoms with E-state index in [9.17, 15) is 13.2 Å². The molecule has 0 radical (unpaired) electrons. The summed E-state index contributed by atoms with van der Waals surface area (Å²) < 4.78 is 26.0. The number of thiazole rings is 1. The van der Waals surface area contributed by atoms with Crippen LogP contribution < -0.4 is 10.0 Å². The Bertz CT molecular complexity index is 1060. The van der Waals surface area contributed by atoms with Crippen LogP contribution in [0, 0.1) is 6.92 Å². The summed E-state index contributed by atoms with van der Waals surface area (Å²) in [6.07, 6.45) is 0. The summed E-state index contributed by atoms with van der Waals surface area (Å²) in [6.45, 7) is 2.31. The van der Waals surface area contributed by atoms with Crippen LogP contribution in [0.25, 0.3) is 11.3 Å². The van der Waals surface area contributed by atoms with Gasteiger partial charge in [0, 0.05) is 23.1 Å². The Morgan fingerprint density at radius 3 is 2.52 bits per heavy atom. The van der Waals surface area contributed by atoms with Crippen molar-refractivity contribution >= 4 is 27.3 Å². The van der Waals surface area contributed by atoms with Crippen molar-refractivity contribution in [3.8, 4) is 11.3 Å². The summed E-state index contributed by atoms with van der Waals surface area (Å²) in [7, 11) is -2.25. The van der Waals surface area contributed by atoms with E-state index in [0.717, 1.165) is 21.8 Å². The van der Waals surface area contributed by atoms with E-state index < -0.39 is 10.0 Å². The van der Waals surface area contributed by atoms with Crippen LogP contribution in [-0.2, 0) is 16.6 Å². The quantitative estimate of drug-likeness (QED) is 0.665. The molecule has 8 heteroatoms. The van der Waals surface area contributed by atoms with Crippen molar-refractivity contribution in [2.75, 3.05) is 7.05 Å². The molecule has 0 atom stereocenters. The van der Waals surface area contributed by atoms with Crippen LogP contribution >= 0.6 is 11.3 Å². The van der Waals surface area contributed by atoms with Crippen molar-refractivity contribution in [3.05, 3.63) is 70.0 Å². The molecule has 1 heterocycles. The maximum Gasteiger partial charge on any atom is 0.251 e. The highest BCUT2D eigenvalue weighted by molar-refractivity contribution is 7.89. The van der Waals surface area contributed by atoms with E-state index in [2.05, 4.69) is 15.0 Å². The first-order valence-electron chi connectivity index (χ1n) is 8.22. The van der Waals surface area contributed by atoms with Crippen LogP contribution in [0.4, 0.5) is 0 Å². The van der Waals surface area contributed by atoms with Crippen molar-refractivity contribution in [1.82, 2.24) is 15.0 Å². The van der Waals surface area contributed by atoms with Crippen LogP contribution in [0.5, 0.6) is 0 Å². The minimum atomic E-state index is -3.59. The zero-order chi connectivity index (χ0) is 19.4. The molecule has 6 nitrogen and oxygen atoms in total. The molecule has 0 bridgehead atoms. The summed E-state index contributed by atoms with van der Waals surface area (Å²) in [4.78, 5) is 16.9. The molecule has 27 heavy (non-hydrogen) atoms. The Kier molecular flexibility index (Phi) is 5.69. The molecule has 3 aromatic rings. The molecular weight excluding hydrogens is 382 g/mol. The molecule has 1 aromatic heterocycles. The predicted molar refractivity (Wildman–Crippen MR) is 106 cm³/mol. The first kappa shape index (κ1) is 19.2. The second kappa shape index (κ2) is 7.99. The number of aryl methyl sites for hydroxylation is 1. The Morgan fingerprint density at radius 1 is 1.15 bits per heavy atom. The van der Waals surface area contributed by atoms with Gasteiger partial charge >= 0.3 is 0 Å². The number of aromatic nitrogens is 1. The third kappa shape index (κ3) is 4.60. The lowest BCUT2D eigenvalue weighted by molar-refractivity contribution is 0.0950. The van der Waals surface area contributed by atoms with Gasteiger partial charge < -0.3 is 5.32 Å². The van der Waals surface area contributed by atoms with E-state index in [1.165, 1.54) is 19.2 Å². The van der Waals surface area contributed by atoms with Crippen molar-refractivity contribution < 1.29 is 13.2 Å². The molecule has 0 fully saturated rings. The van der Waals surface area contributed by atoms with Gasteiger partial charge in [0.05, 0.1) is 15.6 Å². The summed E-state index contributed by atoms with van der Waals surface area (Å²) >= 11 is 1.60. The van der Waals surface area contributed by atoms with Gasteiger partial charge in [-0.1, -0.05) is 30.3 Å². The molecule has 0 saturated carbocycles. The molecule has 0 unspecified atom stereocenters. The van der Waals surface area contributed by atoms with Gasteiger partial charge in [-0.05, 0) is 37.7 Å². The van der Waals surface area contributed by atoms with Crippen molar-refractivity contribution in [2.45, 2.75) is 18.4 Å². The van der Waals surface area contributed by atoms with E-state index in [-0.39, 0.29) is 10.8 Å². The Hall–Kier alpha value is -2.55.